The molecular weight excluding hydrogens is 367 g/mol. The summed E-state index contributed by atoms with van der Waals surface area (Å²) in [5, 5.41) is 12.4. The number of alkyl halides is 3. The predicted molar refractivity (Wildman–Crippen MR) is 83.2 cm³/mol. The minimum atomic E-state index is -4.74. The van der Waals surface area contributed by atoms with Gasteiger partial charge in [0.15, 0.2) is 11.5 Å². The highest BCUT2D eigenvalue weighted by Gasteiger charge is 2.49. The van der Waals surface area contributed by atoms with Gasteiger partial charge in [-0.3, -0.25) is 9.59 Å². The molecule has 1 spiro atoms. The summed E-state index contributed by atoms with van der Waals surface area (Å²) in [6.45, 7) is 3.59. The van der Waals surface area contributed by atoms with Crippen molar-refractivity contribution in [2.75, 3.05) is 19.7 Å². The van der Waals surface area contributed by atoms with Gasteiger partial charge in [-0.25, -0.2) is 0 Å². The second kappa shape index (κ2) is 6.20. The monoisotopic (exact) mass is 383 g/mol. The van der Waals surface area contributed by atoms with Crippen LogP contribution in [0, 0.1) is 16.7 Å². The molecule has 3 rings (SSSR count). The number of carbonyl (C=O) groups excluding carboxylic acids is 2. The van der Waals surface area contributed by atoms with Gasteiger partial charge in [0.05, 0.1) is 18.7 Å². The van der Waals surface area contributed by atoms with Gasteiger partial charge in [0.1, 0.15) is 11.7 Å². The molecule has 1 fully saturated rings. The highest BCUT2D eigenvalue weighted by Crippen LogP contribution is 2.41. The molecule has 1 amide bonds. The van der Waals surface area contributed by atoms with Crippen LogP contribution in [0.4, 0.5) is 13.2 Å². The Morgan fingerprint density at radius 1 is 1.41 bits per heavy atom. The lowest BCUT2D eigenvalue weighted by atomic mass is 9.69. The molecule has 0 bridgehead atoms. The summed E-state index contributed by atoms with van der Waals surface area (Å²) in [6.07, 6.45) is -3.10. The number of halogens is 3. The Bertz CT molecular complexity index is 866. The van der Waals surface area contributed by atoms with Gasteiger partial charge in [0.2, 0.25) is 5.76 Å². The maximum absolute atomic E-state index is 12.6. The van der Waals surface area contributed by atoms with Crippen LogP contribution in [0.15, 0.2) is 22.2 Å². The maximum atomic E-state index is 12.6. The topological polar surface area (TPSA) is 96.4 Å². The van der Waals surface area contributed by atoms with Crippen molar-refractivity contribution in [1.29, 1.82) is 5.26 Å². The number of aromatic nitrogens is 1. The Labute approximate surface area is 152 Å². The number of morpholine rings is 1. The Kier molecular flexibility index (Phi) is 4.38. The van der Waals surface area contributed by atoms with E-state index in [-0.39, 0.29) is 37.5 Å². The standard InChI is InChI=1S/C17H16F3N3O4/c1-15(2)8-16(6-10(7-21)13(15)24)9-23(3-4-26-16)14(25)11-5-12(27-22-11)17(18,19)20/h5-6H,3-4,8-9H2,1-2H3. The number of allylic oxidation sites excluding steroid dienone is 1. The molecule has 0 aromatic carbocycles. The van der Waals surface area contributed by atoms with Crippen molar-refractivity contribution in [2.45, 2.75) is 32.0 Å². The van der Waals surface area contributed by atoms with Gasteiger partial charge >= 0.3 is 6.18 Å². The first-order valence-corrected chi connectivity index (χ1v) is 8.12. The van der Waals surface area contributed by atoms with E-state index in [1.54, 1.807) is 13.8 Å². The molecule has 1 unspecified atom stereocenters. The number of Topliss-reactive ketones (excluding diaryl/α,β-unsaturated/α-hetero) is 1. The lowest BCUT2D eigenvalue weighted by Gasteiger charge is -2.46. The van der Waals surface area contributed by atoms with Crippen LogP contribution >= 0.6 is 0 Å². The number of hydrogen-bond donors (Lipinski definition) is 0. The van der Waals surface area contributed by atoms with Crippen molar-refractivity contribution >= 4 is 11.7 Å². The zero-order valence-corrected chi connectivity index (χ0v) is 14.6. The molecule has 0 N–H and O–H groups in total. The summed E-state index contributed by atoms with van der Waals surface area (Å²) in [5.74, 6) is -2.41. The van der Waals surface area contributed by atoms with E-state index in [9.17, 15) is 28.0 Å². The molecule has 2 heterocycles. The van der Waals surface area contributed by atoms with E-state index >= 15 is 0 Å². The summed E-state index contributed by atoms with van der Waals surface area (Å²) < 4.78 is 47.9. The fourth-order valence-electron chi connectivity index (χ4n) is 3.50. The van der Waals surface area contributed by atoms with Gasteiger partial charge in [-0.05, 0) is 12.5 Å². The highest BCUT2D eigenvalue weighted by atomic mass is 19.4. The molecular formula is C17H16F3N3O4. The molecule has 0 saturated carbocycles. The SMILES string of the molecule is CC1(C)CC2(C=C(C#N)C1=O)CN(C(=O)c1cc(C(F)(F)F)on1)CCO2. The van der Waals surface area contributed by atoms with Gasteiger partial charge in [0.25, 0.3) is 5.91 Å². The van der Waals surface area contributed by atoms with Crippen LogP contribution in [-0.4, -0.2) is 47.0 Å². The van der Waals surface area contributed by atoms with E-state index in [0.29, 0.717) is 6.07 Å². The number of ether oxygens (including phenoxy) is 1. The van der Waals surface area contributed by atoms with E-state index in [0.717, 1.165) is 0 Å². The van der Waals surface area contributed by atoms with Crippen LogP contribution < -0.4 is 0 Å². The largest absolute Gasteiger partial charge is 0.452 e. The van der Waals surface area contributed by atoms with Gasteiger partial charge < -0.3 is 14.2 Å². The van der Waals surface area contributed by atoms with Crippen molar-refractivity contribution in [2.24, 2.45) is 5.41 Å². The van der Waals surface area contributed by atoms with Crippen LogP contribution in [0.5, 0.6) is 0 Å². The molecule has 1 aliphatic carbocycles. The lowest BCUT2D eigenvalue weighted by Crippen LogP contribution is -2.57. The number of nitriles is 1. The maximum Gasteiger partial charge on any atom is 0.452 e. The summed E-state index contributed by atoms with van der Waals surface area (Å²) in [5.41, 5.74) is -2.45. The van der Waals surface area contributed by atoms with Crippen molar-refractivity contribution in [1.82, 2.24) is 10.1 Å². The number of hydrogen-bond acceptors (Lipinski definition) is 6. The van der Waals surface area contributed by atoms with E-state index in [4.69, 9.17) is 4.74 Å². The number of ketones is 1. The highest BCUT2D eigenvalue weighted by molar-refractivity contribution is 6.04. The summed E-state index contributed by atoms with van der Waals surface area (Å²) in [6, 6.07) is 2.40. The van der Waals surface area contributed by atoms with E-state index in [1.165, 1.54) is 11.0 Å². The van der Waals surface area contributed by atoms with Crippen LogP contribution in [0.1, 0.15) is 36.5 Å². The summed E-state index contributed by atoms with van der Waals surface area (Å²) in [7, 11) is 0. The molecule has 1 atom stereocenters. The zero-order valence-electron chi connectivity index (χ0n) is 14.6. The second-order valence-corrected chi connectivity index (χ2v) is 7.27. The van der Waals surface area contributed by atoms with Gasteiger partial charge in [-0.1, -0.05) is 19.0 Å². The van der Waals surface area contributed by atoms with Crippen molar-refractivity contribution < 1.29 is 32.0 Å². The first-order chi connectivity index (χ1) is 12.5. The van der Waals surface area contributed by atoms with Crippen molar-refractivity contribution in [3.05, 3.63) is 29.2 Å². The van der Waals surface area contributed by atoms with Gasteiger partial charge in [-0.2, -0.15) is 18.4 Å². The van der Waals surface area contributed by atoms with Crippen molar-refractivity contribution in [3.63, 3.8) is 0 Å². The van der Waals surface area contributed by atoms with Crippen LogP contribution in [0.3, 0.4) is 0 Å². The van der Waals surface area contributed by atoms with Gasteiger partial charge in [0, 0.05) is 18.0 Å². The molecule has 1 saturated heterocycles. The average Bonchev–Trinajstić information content (AvgIpc) is 3.07. The Morgan fingerprint density at radius 2 is 2.11 bits per heavy atom. The Morgan fingerprint density at radius 3 is 2.70 bits per heavy atom. The quantitative estimate of drug-likeness (QED) is 0.739. The molecule has 10 heteroatoms. The summed E-state index contributed by atoms with van der Waals surface area (Å²) in [4.78, 5) is 26.1. The minimum absolute atomic E-state index is 0.0120. The van der Waals surface area contributed by atoms with Gasteiger partial charge in [-0.15, -0.1) is 0 Å². The molecule has 1 aromatic rings. The fraction of sp³-hybridized carbons (Fsp3) is 0.529. The fourth-order valence-corrected chi connectivity index (χ4v) is 3.50. The van der Waals surface area contributed by atoms with Crippen molar-refractivity contribution in [3.8, 4) is 6.07 Å². The molecule has 1 aromatic heterocycles. The second-order valence-electron chi connectivity index (χ2n) is 7.27. The van der Waals surface area contributed by atoms with E-state index in [2.05, 4.69) is 9.68 Å². The number of carbonyl (C=O) groups is 2. The zero-order chi connectivity index (χ0) is 20.0. The Hall–Kier alpha value is -2.67. The lowest BCUT2D eigenvalue weighted by molar-refractivity contribution is -0.155. The molecule has 2 aliphatic rings. The third-order valence-electron chi connectivity index (χ3n) is 4.63. The van der Waals surface area contributed by atoms with Crippen LogP contribution in [0.2, 0.25) is 0 Å². The molecule has 1 aliphatic heterocycles. The van der Waals surface area contributed by atoms with E-state index in [1.807, 2.05) is 6.07 Å². The molecule has 27 heavy (non-hydrogen) atoms. The third kappa shape index (κ3) is 3.47. The predicted octanol–water partition coefficient (Wildman–Crippen LogP) is 2.35. The summed E-state index contributed by atoms with van der Waals surface area (Å²) >= 11 is 0. The number of amides is 1. The van der Waals surface area contributed by atoms with Crippen LogP contribution in [-0.2, 0) is 15.7 Å². The Balaban J connectivity index is 1.87. The van der Waals surface area contributed by atoms with Crippen LogP contribution in [0.25, 0.3) is 0 Å². The molecule has 0 radical (unpaired) electrons. The first-order valence-electron chi connectivity index (χ1n) is 8.12. The van der Waals surface area contributed by atoms with E-state index < -0.39 is 34.6 Å². The third-order valence-corrected chi connectivity index (χ3v) is 4.63. The molecule has 7 nitrogen and oxygen atoms in total. The minimum Gasteiger partial charge on any atom is -0.367 e. The first kappa shape index (κ1) is 19.1. The normalized spacial score (nSPS) is 25.3. The smallest absolute Gasteiger partial charge is 0.367 e. The number of rotatable bonds is 1. The average molecular weight is 383 g/mol. The number of nitrogens with zero attached hydrogens (tertiary/aromatic N) is 3. The molecule has 144 valence electrons.